The van der Waals surface area contributed by atoms with E-state index in [1.54, 1.807) is 0 Å². The predicted octanol–water partition coefficient (Wildman–Crippen LogP) is 3.58. The first kappa shape index (κ1) is 12.1. The lowest BCUT2D eigenvalue weighted by Crippen LogP contribution is -2.15. The quantitative estimate of drug-likeness (QED) is 0.626. The molecule has 88 valence electrons. The van der Waals surface area contributed by atoms with Gasteiger partial charge in [-0.2, -0.15) is 0 Å². The summed E-state index contributed by atoms with van der Waals surface area (Å²) in [7, 11) is 0. The van der Waals surface area contributed by atoms with Crippen molar-refractivity contribution in [3.8, 4) is 11.5 Å². The van der Waals surface area contributed by atoms with Gasteiger partial charge in [0.2, 0.25) is 0 Å². The number of halogens is 1. The van der Waals surface area contributed by atoms with Crippen LogP contribution in [-0.4, -0.2) is 24.3 Å². The summed E-state index contributed by atoms with van der Waals surface area (Å²) in [6.45, 7) is 3.54. The fraction of sp³-hybridized carbons (Fsp3) is 0.500. The molecule has 1 aromatic rings. The molecule has 2 nitrogen and oxygen atoms in total. The van der Waals surface area contributed by atoms with Crippen LogP contribution in [0.15, 0.2) is 23.1 Å². The van der Waals surface area contributed by atoms with Crippen LogP contribution in [0.4, 0.5) is 0 Å². The molecule has 0 amide bonds. The SMILES string of the molecule is CC(CBr)CSc1ccc2c(c1)OCCO2. The standard InChI is InChI=1S/C12H15BrO2S/c1-9(7-13)8-16-10-2-3-11-12(6-10)15-5-4-14-11/h2-3,6,9H,4-5,7-8H2,1H3. The molecule has 1 aliphatic rings. The second kappa shape index (κ2) is 5.82. The Morgan fingerprint density at radius 1 is 1.31 bits per heavy atom. The van der Waals surface area contributed by atoms with Crippen molar-refractivity contribution in [3.05, 3.63) is 18.2 Å². The summed E-state index contributed by atoms with van der Waals surface area (Å²) in [5, 5.41) is 1.05. The van der Waals surface area contributed by atoms with Gasteiger partial charge < -0.3 is 9.47 Å². The van der Waals surface area contributed by atoms with Gasteiger partial charge in [-0.1, -0.05) is 22.9 Å². The van der Waals surface area contributed by atoms with Gasteiger partial charge in [0, 0.05) is 16.0 Å². The Labute approximate surface area is 109 Å². The van der Waals surface area contributed by atoms with Gasteiger partial charge in [0.25, 0.3) is 0 Å². The highest BCUT2D eigenvalue weighted by molar-refractivity contribution is 9.09. The number of fused-ring (bicyclic) bond motifs is 1. The normalized spacial score (nSPS) is 15.9. The van der Waals surface area contributed by atoms with Crippen LogP contribution < -0.4 is 9.47 Å². The van der Waals surface area contributed by atoms with Crippen LogP contribution in [0, 0.1) is 5.92 Å². The Morgan fingerprint density at radius 3 is 2.81 bits per heavy atom. The molecule has 16 heavy (non-hydrogen) atoms. The van der Waals surface area contributed by atoms with E-state index in [1.807, 2.05) is 17.8 Å². The van der Waals surface area contributed by atoms with Crippen molar-refractivity contribution < 1.29 is 9.47 Å². The molecule has 4 heteroatoms. The minimum absolute atomic E-state index is 0.652. The van der Waals surface area contributed by atoms with Crippen LogP contribution in [0.25, 0.3) is 0 Å². The maximum Gasteiger partial charge on any atom is 0.162 e. The molecule has 0 saturated heterocycles. The van der Waals surface area contributed by atoms with E-state index in [4.69, 9.17) is 9.47 Å². The third-order valence-corrected chi connectivity index (χ3v) is 4.74. The van der Waals surface area contributed by atoms with Crippen LogP contribution in [-0.2, 0) is 0 Å². The zero-order chi connectivity index (χ0) is 11.4. The van der Waals surface area contributed by atoms with Gasteiger partial charge in [-0.05, 0) is 24.1 Å². The van der Waals surface area contributed by atoms with Crippen molar-refractivity contribution in [3.63, 3.8) is 0 Å². The Hall–Kier alpha value is -0.350. The molecule has 1 heterocycles. The number of rotatable bonds is 4. The maximum atomic E-state index is 5.55. The highest BCUT2D eigenvalue weighted by atomic mass is 79.9. The molecule has 1 unspecified atom stereocenters. The summed E-state index contributed by atoms with van der Waals surface area (Å²) < 4.78 is 11.0. The van der Waals surface area contributed by atoms with E-state index in [9.17, 15) is 0 Å². The van der Waals surface area contributed by atoms with Crippen molar-refractivity contribution in [2.24, 2.45) is 5.92 Å². The maximum absolute atomic E-state index is 5.55. The van der Waals surface area contributed by atoms with Crippen LogP contribution in [0.1, 0.15) is 6.92 Å². The zero-order valence-electron chi connectivity index (χ0n) is 9.24. The van der Waals surface area contributed by atoms with Gasteiger partial charge in [0.15, 0.2) is 11.5 Å². The molecule has 1 aromatic carbocycles. The third kappa shape index (κ3) is 3.08. The Balaban J connectivity index is 2.00. The van der Waals surface area contributed by atoms with Gasteiger partial charge in [0.05, 0.1) is 0 Å². The lowest BCUT2D eigenvalue weighted by molar-refractivity contribution is 0.171. The summed E-state index contributed by atoms with van der Waals surface area (Å²) in [4.78, 5) is 1.25. The number of alkyl halides is 1. The number of benzene rings is 1. The van der Waals surface area contributed by atoms with Gasteiger partial charge in [0.1, 0.15) is 13.2 Å². The molecule has 0 aromatic heterocycles. The first-order chi connectivity index (χ1) is 7.79. The molecule has 0 aliphatic carbocycles. The summed E-state index contributed by atoms with van der Waals surface area (Å²) in [6, 6.07) is 6.16. The molecule has 0 bridgehead atoms. The fourth-order valence-corrected chi connectivity index (χ4v) is 2.88. The minimum atomic E-state index is 0.652. The van der Waals surface area contributed by atoms with E-state index in [-0.39, 0.29) is 0 Å². The van der Waals surface area contributed by atoms with Crippen molar-refractivity contribution in [2.45, 2.75) is 11.8 Å². The molecule has 0 saturated carbocycles. The number of hydrogen-bond donors (Lipinski definition) is 0. The first-order valence-corrected chi connectivity index (χ1v) is 7.48. The second-order valence-corrected chi connectivity index (χ2v) is 5.62. The van der Waals surface area contributed by atoms with Crippen LogP contribution in [0.5, 0.6) is 11.5 Å². The molecule has 0 radical (unpaired) electrons. The Kier molecular flexibility index (Phi) is 4.41. The number of ether oxygens (including phenoxy) is 2. The van der Waals surface area contributed by atoms with Gasteiger partial charge >= 0.3 is 0 Å². The second-order valence-electron chi connectivity index (χ2n) is 3.88. The summed E-state index contributed by atoms with van der Waals surface area (Å²) >= 11 is 5.35. The topological polar surface area (TPSA) is 18.5 Å². The van der Waals surface area contributed by atoms with Gasteiger partial charge in [-0.15, -0.1) is 11.8 Å². The molecular formula is C12H15BrO2S. The van der Waals surface area contributed by atoms with Crippen molar-refractivity contribution in [1.82, 2.24) is 0 Å². The molecular weight excluding hydrogens is 288 g/mol. The summed E-state index contributed by atoms with van der Waals surface area (Å²) in [6.07, 6.45) is 0. The lowest BCUT2D eigenvalue weighted by atomic mass is 10.3. The van der Waals surface area contributed by atoms with Crippen molar-refractivity contribution in [1.29, 1.82) is 0 Å². The van der Waals surface area contributed by atoms with Crippen molar-refractivity contribution in [2.75, 3.05) is 24.3 Å². The number of hydrogen-bond acceptors (Lipinski definition) is 3. The molecule has 0 fully saturated rings. The Bertz CT molecular complexity index is 357. The van der Waals surface area contributed by atoms with Crippen LogP contribution >= 0.6 is 27.7 Å². The lowest BCUT2D eigenvalue weighted by Gasteiger charge is -2.18. The van der Waals surface area contributed by atoms with Crippen LogP contribution in [0.3, 0.4) is 0 Å². The highest BCUT2D eigenvalue weighted by Crippen LogP contribution is 2.34. The summed E-state index contributed by atoms with van der Waals surface area (Å²) in [5.41, 5.74) is 0. The van der Waals surface area contributed by atoms with E-state index in [0.717, 1.165) is 22.6 Å². The van der Waals surface area contributed by atoms with Gasteiger partial charge in [-0.25, -0.2) is 0 Å². The van der Waals surface area contributed by atoms with E-state index >= 15 is 0 Å². The first-order valence-electron chi connectivity index (χ1n) is 5.38. The fourth-order valence-electron chi connectivity index (χ4n) is 1.40. The molecule has 1 aliphatic heterocycles. The zero-order valence-corrected chi connectivity index (χ0v) is 11.6. The average Bonchev–Trinajstić information content (AvgIpc) is 2.35. The predicted molar refractivity (Wildman–Crippen MR) is 71.1 cm³/mol. The van der Waals surface area contributed by atoms with E-state index in [1.165, 1.54) is 4.90 Å². The molecule has 2 rings (SSSR count). The molecule has 1 atom stereocenters. The average molecular weight is 303 g/mol. The van der Waals surface area contributed by atoms with Crippen molar-refractivity contribution >= 4 is 27.7 Å². The molecule has 0 N–H and O–H groups in total. The Morgan fingerprint density at radius 2 is 2.06 bits per heavy atom. The largest absolute Gasteiger partial charge is 0.486 e. The van der Waals surface area contributed by atoms with E-state index in [2.05, 4.69) is 35.0 Å². The smallest absolute Gasteiger partial charge is 0.162 e. The van der Waals surface area contributed by atoms with E-state index in [0.29, 0.717) is 19.1 Å². The van der Waals surface area contributed by atoms with E-state index < -0.39 is 0 Å². The monoisotopic (exact) mass is 302 g/mol. The molecule has 0 spiro atoms. The van der Waals surface area contributed by atoms with Gasteiger partial charge in [-0.3, -0.25) is 0 Å². The van der Waals surface area contributed by atoms with Crippen LogP contribution in [0.2, 0.25) is 0 Å². The highest BCUT2D eigenvalue weighted by Gasteiger charge is 2.12. The minimum Gasteiger partial charge on any atom is -0.486 e. The number of thioether (sulfide) groups is 1. The summed E-state index contributed by atoms with van der Waals surface area (Å²) in [5.74, 6) is 3.54. The third-order valence-electron chi connectivity index (χ3n) is 2.31.